The van der Waals surface area contributed by atoms with E-state index in [-0.39, 0.29) is 23.0 Å². The minimum Gasteiger partial charge on any atom is -0.381 e. The van der Waals surface area contributed by atoms with Crippen molar-refractivity contribution in [2.45, 2.75) is 57.0 Å². The van der Waals surface area contributed by atoms with E-state index in [1.807, 2.05) is 36.4 Å². The topological polar surface area (TPSA) is 88.2 Å². The first-order chi connectivity index (χ1) is 22.3. The van der Waals surface area contributed by atoms with Crippen LogP contribution in [0.2, 0.25) is 0 Å². The lowest BCUT2D eigenvalue weighted by Crippen LogP contribution is -2.36. The molecule has 3 aromatic rings. The third kappa shape index (κ3) is 8.64. The van der Waals surface area contributed by atoms with Gasteiger partial charge in [0, 0.05) is 62.4 Å². The second kappa shape index (κ2) is 15.9. The fourth-order valence-corrected chi connectivity index (χ4v) is 7.58. The lowest BCUT2D eigenvalue weighted by molar-refractivity contribution is -0.112. The number of fused-ring (bicyclic) bond motifs is 1. The molecule has 2 heterocycles. The Morgan fingerprint density at radius 3 is 2.37 bits per heavy atom. The van der Waals surface area contributed by atoms with Crippen LogP contribution >= 0.6 is 0 Å². The standard InChI is InChI=1S/C37H47N3O5S/c1-4-20-44-23-19-40(5-2)35-13-8-29(9-14-35)30-10-15-36-32(25-30)26-31(18-24-46(36,42)43)37(41)38-33-11-6-28(7-12-33)27-39(3)34-16-21-45-22-17-34/h6-15,25-26,34H,4-5,16-24,27H2,1-3H3,(H,38,41). The monoisotopic (exact) mass is 645 g/mol. The fraction of sp³-hybridized carbons (Fsp3) is 0.432. The van der Waals surface area contributed by atoms with E-state index >= 15 is 0 Å². The van der Waals surface area contributed by atoms with E-state index in [1.165, 1.54) is 5.56 Å². The van der Waals surface area contributed by atoms with Crippen LogP contribution in [0.25, 0.3) is 17.2 Å². The molecule has 1 amide bonds. The quantitative estimate of drug-likeness (QED) is 0.215. The van der Waals surface area contributed by atoms with E-state index in [2.05, 4.69) is 60.3 Å². The van der Waals surface area contributed by atoms with Crippen LogP contribution in [-0.4, -0.2) is 77.6 Å². The highest BCUT2D eigenvalue weighted by molar-refractivity contribution is 7.91. The molecule has 2 aliphatic heterocycles. The smallest absolute Gasteiger partial charge is 0.251 e. The molecule has 0 radical (unpaired) electrons. The average molecular weight is 646 g/mol. The highest BCUT2D eigenvalue weighted by Crippen LogP contribution is 2.32. The zero-order valence-corrected chi connectivity index (χ0v) is 28.2. The molecule has 46 heavy (non-hydrogen) atoms. The van der Waals surface area contributed by atoms with E-state index in [4.69, 9.17) is 9.47 Å². The van der Waals surface area contributed by atoms with Gasteiger partial charge >= 0.3 is 0 Å². The van der Waals surface area contributed by atoms with Crippen molar-refractivity contribution in [2.24, 2.45) is 0 Å². The first-order valence-corrected chi connectivity index (χ1v) is 18.1. The Balaban J connectivity index is 1.28. The molecular weight excluding hydrogens is 598 g/mol. The number of likely N-dealkylation sites (N-methyl/N-ethyl adjacent to an activating group) is 1. The molecule has 246 valence electrons. The zero-order valence-electron chi connectivity index (χ0n) is 27.3. The molecule has 2 aliphatic rings. The summed E-state index contributed by atoms with van der Waals surface area (Å²) in [6.45, 7) is 9.83. The van der Waals surface area contributed by atoms with Gasteiger partial charge in [-0.2, -0.15) is 0 Å². The Labute approximate surface area is 274 Å². The Hall–Kier alpha value is -3.50. The maximum atomic E-state index is 13.4. The number of benzene rings is 3. The van der Waals surface area contributed by atoms with Crippen molar-refractivity contribution < 1.29 is 22.7 Å². The van der Waals surface area contributed by atoms with E-state index in [0.29, 0.717) is 29.5 Å². The predicted octanol–water partition coefficient (Wildman–Crippen LogP) is 6.42. The van der Waals surface area contributed by atoms with Crippen LogP contribution in [0, 0.1) is 0 Å². The number of nitrogens with one attached hydrogen (secondary N) is 1. The molecule has 1 N–H and O–H groups in total. The lowest BCUT2D eigenvalue weighted by Gasteiger charge is -2.31. The average Bonchev–Trinajstić information content (AvgIpc) is 3.21. The number of anilines is 2. The maximum Gasteiger partial charge on any atom is 0.251 e. The Morgan fingerprint density at radius 1 is 0.957 bits per heavy atom. The van der Waals surface area contributed by atoms with Crippen molar-refractivity contribution in [2.75, 3.05) is 62.5 Å². The number of carbonyl (C=O) groups excluding carboxylic acids is 1. The van der Waals surface area contributed by atoms with E-state index in [1.54, 1.807) is 12.1 Å². The normalized spacial score (nSPS) is 16.4. The van der Waals surface area contributed by atoms with E-state index in [9.17, 15) is 13.2 Å². The fourth-order valence-electron chi connectivity index (χ4n) is 6.12. The number of sulfone groups is 1. The summed E-state index contributed by atoms with van der Waals surface area (Å²) in [6.07, 6.45) is 4.97. The molecule has 8 nitrogen and oxygen atoms in total. The second-order valence-corrected chi connectivity index (χ2v) is 14.2. The van der Waals surface area contributed by atoms with Crippen molar-refractivity contribution in [3.05, 3.63) is 83.4 Å². The summed E-state index contributed by atoms with van der Waals surface area (Å²) in [4.78, 5) is 18.3. The van der Waals surface area contributed by atoms with Crippen LogP contribution in [0.3, 0.4) is 0 Å². The number of rotatable bonds is 13. The van der Waals surface area contributed by atoms with Crippen molar-refractivity contribution in [3.63, 3.8) is 0 Å². The van der Waals surface area contributed by atoms with Crippen LogP contribution < -0.4 is 10.2 Å². The van der Waals surface area contributed by atoms with Gasteiger partial charge in [0.15, 0.2) is 9.84 Å². The Morgan fingerprint density at radius 2 is 1.67 bits per heavy atom. The van der Waals surface area contributed by atoms with Crippen LogP contribution in [0.1, 0.15) is 50.7 Å². The summed E-state index contributed by atoms with van der Waals surface area (Å²) in [5, 5.41) is 2.99. The molecule has 0 saturated carbocycles. The van der Waals surface area contributed by atoms with Gasteiger partial charge in [0.05, 0.1) is 17.3 Å². The zero-order chi connectivity index (χ0) is 32.5. The van der Waals surface area contributed by atoms with Crippen molar-refractivity contribution in [3.8, 4) is 11.1 Å². The number of hydrogen-bond acceptors (Lipinski definition) is 7. The van der Waals surface area contributed by atoms with Gasteiger partial charge in [-0.05, 0) is 104 Å². The van der Waals surface area contributed by atoms with Crippen LogP contribution in [0.4, 0.5) is 11.4 Å². The van der Waals surface area contributed by atoms with E-state index < -0.39 is 9.84 Å². The molecule has 0 unspecified atom stereocenters. The van der Waals surface area contributed by atoms with Gasteiger partial charge in [-0.1, -0.05) is 37.3 Å². The number of carbonyl (C=O) groups is 1. The molecule has 1 fully saturated rings. The van der Waals surface area contributed by atoms with Gasteiger partial charge in [-0.3, -0.25) is 9.69 Å². The summed E-state index contributed by atoms with van der Waals surface area (Å²) in [7, 11) is -1.40. The molecular formula is C37H47N3O5S. The highest BCUT2D eigenvalue weighted by atomic mass is 32.2. The SMILES string of the molecule is CCCOCCN(CC)c1ccc(-c2ccc3c(c2)C=C(C(=O)Nc2ccc(CN(C)C4CCOCC4)cc2)CCS3(=O)=O)cc1. The van der Waals surface area contributed by atoms with Crippen LogP contribution in [0.15, 0.2) is 77.2 Å². The Bertz CT molecular complexity index is 1600. The number of amides is 1. The van der Waals surface area contributed by atoms with Gasteiger partial charge in [-0.25, -0.2) is 8.42 Å². The molecule has 0 aliphatic carbocycles. The van der Waals surface area contributed by atoms with Crippen molar-refractivity contribution >= 4 is 33.2 Å². The number of hydrogen-bond donors (Lipinski definition) is 1. The third-order valence-corrected chi connectivity index (χ3v) is 10.6. The van der Waals surface area contributed by atoms with Crippen molar-refractivity contribution in [1.82, 2.24) is 4.90 Å². The van der Waals surface area contributed by atoms with Gasteiger partial charge in [-0.15, -0.1) is 0 Å². The number of nitrogens with zero attached hydrogens (tertiary/aromatic N) is 2. The van der Waals surface area contributed by atoms with Gasteiger partial charge in [0.25, 0.3) is 5.91 Å². The molecule has 1 saturated heterocycles. The summed E-state index contributed by atoms with van der Waals surface area (Å²) in [5.41, 5.74) is 5.83. The van der Waals surface area contributed by atoms with Gasteiger partial charge < -0.3 is 19.7 Å². The largest absolute Gasteiger partial charge is 0.381 e. The minimum absolute atomic E-state index is 0.112. The van der Waals surface area contributed by atoms with Crippen molar-refractivity contribution in [1.29, 1.82) is 0 Å². The minimum atomic E-state index is -3.54. The van der Waals surface area contributed by atoms with E-state index in [0.717, 1.165) is 75.5 Å². The summed E-state index contributed by atoms with van der Waals surface area (Å²) < 4.78 is 37.6. The summed E-state index contributed by atoms with van der Waals surface area (Å²) in [5.74, 6) is -0.396. The summed E-state index contributed by atoms with van der Waals surface area (Å²) in [6, 6.07) is 22.1. The molecule has 0 atom stereocenters. The maximum absolute atomic E-state index is 13.4. The molecule has 3 aromatic carbocycles. The third-order valence-electron chi connectivity index (χ3n) is 8.87. The summed E-state index contributed by atoms with van der Waals surface area (Å²) >= 11 is 0. The molecule has 0 bridgehead atoms. The molecule has 0 aromatic heterocycles. The van der Waals surface area contributed by atoms with Gasteiger partial charge in [0.1, 0.15) is 0 Å². The second-order valence-electron chi connectivity index (χ2n) is 12.1. The predicted molar refractivity (Wildman–Crippen MR) is 186 cm³/mol. The van der Waals surface area contributed by atoms with Crippen LogP contribution in [0.5, 0.6) is 0 Å². The lowest BCUT2D eigenvalue weighted by atomic mass is 10.0. The first kappa shape index (κ1) is 33.9. The van der Waals surface area contributed by atoms with Crippen LogP contribution in [-0.2, 0) is 30.7 Å². The number of ether oxygens (including phenoxy) is 2. The molecule has 0 spiro atoms. The molecule has 9 heteroatoms. The van der Waals surface area contributed by atoms with Gasteiger partial charge in [0.2, 0.25) is 0 Å². The highest BCUT2D eigenvalue weighted by Gasteiger charge is 2.25. The molecule has 5 rings (SSSR count). The Kier molecular flexibility index (Phi) is 11.7. The first-order valence-electron chi connectivity index (χ1n) is 16.5.